The third kappa shape index (κ3) is 7.53. The van der Waals surface area contributed by atoms with E-state index in [1.165, 1.54) is 25.3 Å². The summed E-state index contributed by atoms with van der Waals surface area (Å²) in [6.45, 7) is 2.21. The number of hydrogen-bond donors (Lipinski definition) is 1. The maximum Gasteiger partial charge on any atom is 0.331 e. The molecule has 6 nitrogen and oxygen atoms in total. The van der Waals surface area contributed by atoms with Crippen LogP contribution in [0.25, 0.3) is 6.08 Å². The first-order valence-corrected chi connectivity index (χ1v) is 9.34. The van der Waals surface area contributed by atoms with Gasteiger partial charge in [0.05, 0.1) is 0 Å². The van der Waals surface area contributed by atoms with Crippen molar-refractivity contribution in [2.75, 3.05) is 13.2 Å². The van der Waals surface area contributed by atoms with Crippen molar-refractivity contribution in [3.63, 3.8) is 0 Å². The fourth-order valence-corrected chi connectivity index (χ4v) is 3.00. The van der Waals surface area contributed by atoms with E-state index in [-0.39, 0.29) is 12.5 Å². The second-order valence-corrected chi connectivity index (χ2v) is 6.68. The second-order valence-electron chi connectivity index (χ2n) is 6.68. The van der Waals surface area contributed by atoms with Gasteiger partial charge < -0.3 is 14.8 Å². The minimum atomic E-state index is -0.826. The van der Waals surface area contributed by atoms with Crippen LogP contribution in [0.2, 0.25) is 0 Å². The Hall–Kier alpha value is -2.81. The lowest BCUT2D eigenvalue weighted by Gasteiger charge is -2.22. The first-order valence-electron chi connectivity index (χ1n) is 9.34. The van der Waals surface area contributed by atoms with Crippen LogP contribution in [-0.4, -0.2) is 31.1 Å². The highest BCUT2D eigenvalue weighted by Gasteiger charge is 2.19. The number of nitrogens with zero attached hydrogens (tertiary/aromatic N) is 1. The summed E-state index contributed by atoms with van der Waals surface area (Å²) in [6, 6.07) is 8.84. The summed E-state index contributed by atoms with van der Waals surface area (Å²) < 4.78 is 10.3. The molecule has 0 bridgehead atoms. The Bertz CT molecular complexity index is 685. The average Bonchev–Trinajstić information content (AvgIpc) is 2.70. The largest absolute Gasteiger partial charge is 0.479 e. The SMILES string of the molecule is CC(OC(=O)/C=C/c1ccc(OCC#N)cc1)C(=O)NCC1CCCCC1. The minimum Gasteiger partial charge on any atom is -0.479 e. The van der Waals surface area contributed by atoms with Crippen molar-refractivity contribution in [2.45, 2.75) is 45.1 Å². The molecule has 1 N–H and O–H groups in total. The topological polar surface area (TPSA) is 88.4 Å². The molecular weight excluding hydrogens is 344 g/mol. The molecule has 0 saturated heterocycles. The number of nitriles is 1. The summed E-state index contributed by atoms with van der Waals surface area (Å²) in [7, 11) is 0. The van der Waals surface area contributed by atoms with E-state index in [1.54, 1.807) is 37.3 Å². The van der Waals surface area contributed by atoms with Gasteiger partial charge in [0.15, 0.2) is 12.7 Å². The number of ether oxygens (including phenoxy) is 2. The van der Waals surface area contributed by atoms with Crippen molar-refractivity contribution >= 4 is 18.0 Å². The monoisotopic (exact) mass is 370 g/mol. The summed E-state index contributed by atoms with van der Waals surface area (Å²) in [5.74, 6) is 0.284. The molecule has 1 unspecified atom stereocenters. The number of nitrogens with one attached hydrogen (secondary N) is 1. The van der Waals surface area contributed by atoms with Gasteiger partial charge in [-0.15, -0.1) is 0 Å². The van der Waals surface area contributed by atoms with Gasteiger partial charge in [-0.2, -0.15) is 5.26 Å². The number of hydrogen-bond acceptors (Lipinski definition) is 5. The molecule has 144 valence electrons. The van der Waals surface area contributed by atoms with E-state index >= 15 is 0 Å². The zero-order valence-electron chi connectivity index (χ0n) is 15.6. The van der Waals surface area contributed by atoms with Crippen LogP contribution in [0.5, 0.6) is 5.75 Å². The molecule has 0 radical (unpaired) electrons. The molecule has 0 heterocycles. The number of esters is 1. The van der Waals surface area contributed by atoms with Crippen LogP contribution < -0.4 is 10.1 Å². The molecule has 1 aromatic carbocycles. The Morgan fingerprint density at radius 2 is 1.96 bits per heavy atom. The lowest BCUT2D eigenvalue weighted by Crippen LogP contribution is -2.38. The van der Waals surface area contributed by atoms with Gasteiger partial charge in [-0.3, -0.25) is 4.79 Å². The van der Waals surface area contributed by atoms with E-state index in [9.17, 15) is 9.59 Å². The van der Waals surface area contributed by atoms with Crippen LogP contribution in [0.1, 0.15) is 44.6 Å². The van der Waals surface area contributed by atoms with E-state index < -0.39 is 12.1 Å². The predicted molar refractivity (Wildman–Crippen MR) is 102 cm³/mol. The number of rotatable bonds is 8. The molecule has 2 rings (SSSR count). The third-order valence-electron chi connectivity index (χ3n) is 4.55. The van der Waals surface area contributed by atoms with Crippen molar-refractivity contribution in [3.05, 3.63) is 35.9 Å². The molecule has 1 aromatic rings. The maximum atomic E-state index is 12.1. The van der Waals surface area contributed by atoms with Gasteiger partial charge in [-0.05, 0) is 49.5 Å². The normalized spacial score (nSPS) is 15.7. The lowest BCUT2D eigenvalue weighted by atomic mass is 9.89. The zero-order valence-corrected chi connectivity index (χ0v) is 15.6. The summed E-state index contributed by atoms with van der Waals surface area (Å²) in [6.07, 6.45) is 8.09. The van der Waals surface area contributed by atoms with Gasteiger partial charge in [0.1, 0.15) is 11.8 Å². The Balaban J connectivity index is 1.73. The highest BCUT2D eigenvalue weighted by atomic mass is 16.5. The Labute approximate surface area is 160 Å². The quantitative estimate of drug-likeness (QED) is 0.561. The van der Waals surface area contributed by atoms with Crippen molar-refractivity contribution in [1.82, 2.24) is 5.32 Å². The maximum absolute atomic E-state index is 12.1. The standard InChI is InChI=1S/C21H26N2O4/c1-16(21(25)23-15-18-5-3-2-4-6-18)27-20(24)12-9-17-7-10-19(11-8-17)26-14-13-22/h7-12,16,18H,2-6,14-15H2,1H3,(H,23,25)/b12-9+. The van der Waals surface area contributed by atoms with Crippen LogP contribution in [0, 0.1) is 17.2 Å². The van der Waals surface area contributed by atoms with Crippen LogP contribution in [0.4, 0.5) is 0 Å². The summed E-state index contributed by atoms with van der Waals surface area (Å²) >= 11 is 0. The predicted octanol–water partition coefficient (Wildman–Crippen LogP) is 3.23. The molecule has 6 heteroatoms. The van der Waals surface area contributed by atoms with Gasteiger partial charge in [0.25, 0.3) is 5.91 Å². The van der Waals surface area contributed by atoms with Crippen molar-refractivity contribution < 1.29 is 19.1 Å². The van der Waals surface area contributed by atoms with E-state index in [0.717, 1.165) is 18.4 Å². The van der Waals surface area contributed by atoms with E-state index in [1.807, 2.05) is 6.07 Å². The van der Waals surface area contributed by atoms with Crippen LogP contribution >= 0.6 is 0 Å². The number of carbonyl (C=O) groups is 2. The van der Waals surface area contributed by atoms with E-state index in [2.05, 4.69) is 5.32 Å². The highest BCUT2D eigenvalue weighted by Crippen LogP contribution is 2.22. The molecule has 1 aliphatic rings. The summed E-state index contributed by atoms with van der Waals surface area (Å²) in [4.78, 5) is 24.0. The van der Waals surface area contributed by atoms with Crippen LogP contribution in [-0.2, 0) is 14.3 Å². The molecule has 1 fully saturated rings. The fraction of sp³-hybridized carbons (Fsp3) is 0.476. The molecular formula is C21H26N2O4. The first kappa shape index (κ1) is 20.5. The molecule has 1 atom stereocenters. The molecule has 0 spiro atoms. The van der Waals surface area contributed by atoms with Gasteiger partial charge in [0, 0.05) is 12.6 Å². The molecule has 1 aliphatic carbocycles. The highest BCUT2D eigenvalue weighted by molar-refractivity contribution is 5.90. The smallest absolute Gasteiger partial charge is 0.331 e. The molecule has 0 aliphatic heterocycles. The summed E-state index contributed by atoms with van der Waals surface area (Å²) in [5, 5.41) is 11.3. The second kappa shape index (κ2) is 11.0. The Kier molecular flexibility index (Phi) is 8.37. The average molecular weight is 370 g/mol. The fourth-order valence-electron chi connectivity index (χ4n) is 3.00. The Morgan fingerprint density at radius 1 is 1.26 bits per heavy atom. The lowest BCUT2D eigenvalue weighted by molar-refractivity contribution is -0.150. The number of amides is 1. The number of carbonyl (C=O) groups excluding carboxylic acids is 2. The van der Waals surface area contributed by atoms with E-state index in [0.29, 0.717) is 18.2 Å². The van der Waals surface area contributed by atoms with Crippen molar-refractivity contribution in [1.29, 1.82) is 5.26 Å². The van der Waals surface area contributed by atoms with Gasteiger partial charge in [-0.25, -0.2) is 4.79 Å². The minimum absolute atomic E-state index is 0.0117. The van der Waals surface area contributed by atoms with Gasteiger partial charge >= 0.3 is 5.97 Å². The van der Waals surface area contributed by atoms with Crippen molar-refractivity contribution in [3.8, 4) is 11.8 Å². The van der Waals surface area contributed by atoms with Gasteiger partial charge in [0.2, 0.25) is 0 Å². The van der Waals surface area contributed by atoms with Crippen LogP contribution in [0.15, 0.2) is 30.3 Å². The van der Waals surface area contributed by atoms with E-state index in [4.69, 9.17) is 14.7 Å². The van der Waals surface area contributed by atoms with Gasteiger partial charge in [-0.1, -0.05) is 31.4 Å². The Morgan fingerprint density at radius 3 is 2.63 bits per heavy atom. The molecule has 1 saturated carbocycles. The first-order chi connectivity index (χ1) is 13.1. The molecule has 27 heavy (non-hydrogen) atoms. The molecule has 0 aromatic heterocycles. The summed E-state index contributed by atoms with van der Waals surface area (Å²) in [5.41, 5.74) is 0.783. The van der Waals surface area contributed by atoms with Crippen LogP contribution in [0.3, 0.4) is 0 Å². The third-order valence-corrected chi connectivity index (χ3v) is 4.55. The zero-order chi connectivity index (χ0) is 19.5. The molecule has 1 amide bonds. The van der Waals surface area contributed by atoms with Crippen molar-refractivity contribution in [2.24, 2.45) is 5.92 Å². The number of benzene rings is 1.